The molecule has 1 atom stereocenters. The third-order valence-corrected chi connectivity index (χ3v) is 4.04. The third kappa shape index (κ3) is 2.99. The van der Waals surface area contributed by atoms with E-state index in [-0.39, 0.29) is 5.91 Å². The Balaban J connectivity index is 1.78. The predicted molar refractivity (Wildman–Crippen MR) is 97.2 cm³/mol. The molecule has 0 aliphatic carbocycles. The minimum Gasteiger partial charge on any atom is -0.314 e. The first-order valence-corrected chi connectivity index (χ1v) is 8.01. The Morgan fingerprint density at radius 3 is 2.44 bits per heavy atom. The third-order valence-electron chi connectivity index (χ3n) is 4.04. The Hall–Kier alpha value is -3.47. The highest BCUT2D eigenvalue weighted by molar-refractivity contribution is 5.96. The second kappa shape index (κ2) is 6.57. The number of para-hydroxylation sites is 2. The van der Waals surface area contributed by atoms with Gasteiger partial charge in [0.25, 0.3) is 5.91 Å². The number of aromatic nitrogens is 3. The number of nitrogens with one attached hydrogen (secondary N) is 1. The normalized spacial score (nSPS) is 12.0. The molecule has 2 aromatic carbocycles. The molecule has 1 unspecified atom stereocenters. The summed E-state index contributed by atoms with van der Waals surface area (Å²) in [5, 5.41) is 2.89. The van der Waals surface area contributed by atoms with Crippen LogP contribution >= 0.6 is 0 Å². The summed E-state index contributed by atoms with van der Waals surface area (Å²) in [7, 11) is 0. The maximum absolute atomic E-state index is 13.1. The lowest BCUT2D eigenvalue weighted by atomic mass is 10.1. The van der Waals surface area contributed by atoms with Crippen molar-refractivity contribution in [3.8, 4) is 0 Å². The van der Waals surface area contributed by atoms with Crippen LogP contribution in [0.1, 0.15) is 11.6 Å². The van der Waals surface area contributed by atoms with Crippen molar-refractivity contribution >= 4 is 22.8 Å². The highest BCUT2D eigenvalue weighted by atomic mass is 16.2. The Morgan fingerprint density at radius 2 is 1.64 bits per heavy atom. The summed E-state index contributed by atoms with van der Waals surface area (Å²) in [5.41, 5.74) is 2.65. The molecule has 5 heteroatoms. The number of anilines is 1. The fourth-order valence-electron chi connectivity index (χ4n) is 2.89. The largest absolute Gasteiger partial charge is 0.314 e. The number of benzene rings is 2. The first-order valence-electron chi connectivity index (χ1n) is 8.01. The van der Waals surface area contributed by atoms with E-state index in [1.807, 2.05) is 71.3 Å². The van der Waals surface area contributed by atoms with Crippen molar-refractivity contribution in [3.63, 3.8) is 0 Å². The minimum absolute atomic E-state index is 0.159. The molecule has 5 nitrogen and oxygen atoms in total. The standard InChI is InChI=1S/C20H16N4O/c25-20(23-18-12-6-7-13-21-18)19(15-8-2-1-3-9-15)24-14-22-16-10-4-5-11-17(16)24/h1-14,19H,(H,21,23,25). The average molecular weight is 328 g/mol. The summed E-state index contributed by atoms with van der Waals surface area (Å²) in [5.74, 6) is 0.367. The molecule has 0 radical (unpaired) electrons. The number of hydrogen-bond donors (Lipinski definition) is 1. The number of imidazole rings is 1. The molecule has 1 amide bonds. The number of carbonyl (C=O) groups excluding carboxylic acids is 1. The molecule has 0 fully saturated rings. The highest BCUT2D eigenvalue weighted by Gasteiger charge is 2.24. The van der Waals surface area contributed by atoms with Gasteiger partial charge in [-0.3, -0.25) is 4.79 Å². The van der Waals surface area contributed by atoms with Crippen LogP contribution in [0.15, 0.2) is 85.3 Å². The van der Waals surface area contributed by atoms with Crippen LogP contribution in [0.3, 0.4) is 0 Å². The molecule has 0 bridgehead atoms. The molecule has 4 rings (SSSR count). The molecule has 0 aliphatic heterocycles. The molecule has 4 aromatic rings. The van der Waals surface area contributed by atoms with E-state index in [1.54, 1.807) is 18.6 Å². The van der Waals surface area contributed by atoms with Gasteiger partial charge in [-0.2, -0.15) is 0 Å². The molecule has 0 saturated carbocycles. The maximum atomic E-state index is 13.1. The van der Waals surface area contributed by atoms with E-state index >= 15 is 0 Å². The fraction of sp³-hybridized carbons (Fsp3) is 0.0500. The van der Waals surface area contributed by atoms with Crippen molar-refractivity contribution in [2.24, 2.45) is 0 Å². The number of rotatable bonds is 4. The molecule has 2 heterocycles. The lowest BCUT2D eigenvalue weighted by molar-refractivity contribution is -0.118. The van der Waals surface area contributed by atoms with Crippen LogP contribution < -0.4 is 5.32 Å². The Bertz CT molecular complexity index is 996. The molecule has 0 aliphatic rings. The van der Waals surface area contributed by atoms with Gasteiger partial charge in [0.1, 0.15) is 11.9 Å². The number of pyridine rings is 1. The SMILES string of the molecule is O=C(Nc1ccccn1)C(c1ccccc1)n1cnc2ccccc21. The van der Waals surface area contributed by atoms with E-state index < -0.39 is 6.04 Å². The van der Waals surface area contributed by atoms with Crippen LogP contribution in [0.4, 0.5) is 5.82 Å². The van der Waals surface area contributed by atoms with Gasteiger partial charge in [-0.15, -0.1) is 0 Å². The van der Waals surface area contributed by atoms with Crippen molar-refractivity contribution in [2.75, 3.05) is 5.32 Å². The maximum Gasteiger partial charge on any atom is 0.253 e. The summed E-state index contributed by atoms with van der Waals surface area (Å²) >= 11 is 0. The zero-order valence-corrected chi connectivity index (χ0v) is 13.4. The van der Waals surface area contributed by atoms with E-state index in [2.05, 4.69) is 15.3 Å². The van der Waals surface area contributed by atoms with Crippen molar-refractivity contribution in [1.82, 2.24) is 14.5 Å². The number of nitrogens with zero attached hydrogens (tertiary/aromatic N) is 3. The predicted octanol–water partition coefficient (Wildman–Crippen LogP) is 3.66. The molecule has 1 N–H and O–H groups in total. The van der Waals surface area contributed by atoms with Crippen molar-refractivity contribution in [3.05, 3.63) is 90.9 Å². The summed E-state index contributed by atoms with van der Waals surface area (Å²) in [6, 6.07) is 22.3. The van der Waals surface area contributed by atoms with Gasteiger partial charge in [0.2, 0.25) is 0 Å². The summed E-state index contributed by atoms with van der Waals surface area (Å²) in [4.78, 5) is 21.7. The van der Waals surface area contributed by atoms with Gasteiger partial charge in [-0.25, -0.2) is 9.97 Å². The lowest BCUT2D eigenvalue weighted by Gasteiger charge is -2.19. The minimum atomic E-state index is -0.532. The van der Waals surface area contributed by atoms with E-state index in [0.29, 0.717) is 5.82 Å². The monoisotopic (exact) mass is 328 g/mol. The van der Waals surface area contributed by atoms with Crippen molar-refractivity contribution < 1.29 is 4.79 Å². The van der Waals surface area contributed by atoms with Gasteiger partial charge in [0, 0.05) is 6.20 Å². The van der Waals surface area contributed by atoms with Crippen LogP contribution in [0.25, 0.3) is 11.0 Å². The molecule has 25 heavy (non-hydrogen) atoms. The van der Waals surface area contributed by atoms with Gasteiger partial charge in [-0.1, -0.05) is 48.5 Å². The summed E-state index contributed by atoms with van der Waals surface area (Å²) < 4.78 is 1.89. The zero-order chi connectivity index (χ0) is 17.1. The second-order valence-corrected chi connectivity index (χ2v) is 5.66. The Labute approximate surface area is 145 Å². The smallest absolute Gasteiger partial charge is 0.253 e. The summed E-state index contributed by atoms with van der Waals surface area (Å²) in [6.07, 6.45) is 3.36. The quantitative estimate of drug-likeness (QED) is 0.622. The first kappa shape index (κ1) is 15.1. The molecule has 2 aromatic heterocycles. The average Bonchev–Trinajstić information content (AvgIpc) is 3.08. The van der Waals surface area contributed by atoms with Crippen LogP contribution in [-0.2, 0) is 4.79 Å². The van der Waals surface area contributed by atoms with Crippen molar-refractivity contribution in [1.29, 1.82) is 0 Å². The van der Waals surface area contributed by atoms with Crippen LogP contribution in [0.5, 0.6) is 0 Å². The van der Waals surface area contributed by atoms with Crippen LogP contribution in [0, 0.1) is 0 Å². The number of hydrogen-bond acceptors (Lipinski definition) is 3. The topological polar surface area (TPSA) is 59.8 Å². The zero-order valence-electron chi connectivity index (χ0n) is 13.4. The number of carbonyl (C=O) groups is 1. The van der Waals surface area contributed by atoms with Gasteiger partial charge in [0.05, 0.1) is 17.4 Å². The highest BCUT2D eigenvalue weighted by Crippen LogP contribution is 2.25. The molecular weight excluding hydrogens is 312 g/mol. The fourth-order valence-corrected chi connectivity index (χ4v) is 2.89. The lowest BCUT2D eigenvalue weighted by Crippen LogP contribution is -2.27. The van der Waals surface area contributed by atoms with Gasteiger partial charge in [-0.05, 0) is 29.8 Å². The summed E-state index contributed by atoms with van der Waals surface area (Å²) in [6.45, 7) is 0. The van der Waals surface area contributed by atoms with E-state index in [1.165, 1.54) is 0 Å². The van der Waals surface area contributed by atoms with Gasteiger partial charge < -0.3 is 9.88 Å². The molecular formula is C20H16N4O. The van der Waals surface area contributed by atoms with Gasteiger partial charge in [0.15, 0.2) is 0 Å². The van der Waals surface area contributed by atoms with E-state index in [4.69, 9.17) is 0 Å². The van der Waals surface area contributed by atoms with E-state index in [9.17, 15) is 4.79 Å². The van der Waals surface area contributed by atoms with E-state index in [0.717, 1.165) is 16.6 Å². The molecule has 122 valence electrons. The second-order valence-electron chi connectivity index (χ2n) is 5.66. The van der Waals surface area contributed by atoms with Crippen LogP contribution in [-0.4, -0.2) is 20.4 Å². The first-order chi connectivity index (χ1) is 12.3. The molecule has 0 saturated heterocycles. The van der Waals surface area contributed by atoms with Crippen molar-refractivity contribution in [2.45, 2.75) is 6.04 Å². The Kier molecular flexibility index (Phi) is 3.96. The van der Waals surface area contributed by atoms with Gasteiger partial charge >= 0.3 is 0 Å². The number of fused-ring (bicyclic) bond motifs is 1. The Morgan fingerprint density at radius 1 is 0.880 bits per heavy atom. The number of amides is 1. The molecule has 0 spiro atoms. The van der Waals surface area contributed by atoms with Crippen LogP contribution in [0.2, 0.25) is 0 Å².